The first kappa shape index (κ1) is 18.9. The topological polar surface area (TPSA) is 62.1 Å². The minimum atomic E-state index is 0.613. The van der Waals surface area contributed by atoms with Gasteiger partial charge in [-0.15, -0.1) is 21.5 Å². The molecule has 152 valence electrons. The molecule has 2 saturated carbocycles. The van der Waals surface area contributed by atoms with E-state index in [-0.39, 0.29) is 0 Å². The molecule has 0 atom stereocenters. The largest absolute Gasteiger partial charge is 0.493 e. The molecular weight excluding hydrogens is 404 g/mol. The summed E-state index contributed by atoms with van der Waals surface area (Å²) in [5.74, 6) is 4.14. The Morgan fingerprint density at radius 3 is 2.76 bits per heavy atom. The van der Waals surface area contributed by atoms with E-state index >= 15 is 0 Å². The average molecular weight is 429 g/mol. The van der Waals surface area contributed by atoms with Crippen molar-refractivity contribution < 1.29 is 9.47 Å². The molecule has 6 nitrogen and oxygen atoms in total. The Balaban J connectivity index is 1.30. The molecule has 1 aromatic carbocycles. The van der Waals surface area contributed by atoms with Gasteiger partial charge in [-0.25, -0.2) is 4.98 Å². The molecule has 0 aliphatic heterocycles. The quantitative estimate of drug-likeness (QED) is 0.430. The molecule has 2 aliphatic carbocycles. The van der Waals surface area contributed by atoms with Gasteiger partial charge in [0.25, 0.3) is 0 Å². The van der Waals surface area contributed by atoms with Crippen molar-refractivity contribution in [2.75, 3.05) is 13.7 Å². The summed E-state index contributed by atoms with van der Waals surface area (Å²) in [5, 5.41) is 13.2. The average Bonchev–Trinajstić information content (AvgIpc) is 3.68. The van der Waals surface area contributed by atoms with Gasteiger partial charge in [0, 0.05) is 28.7 Å². The highest BCUT2D eigenvalue weighted by atomic mass is 32.2. The standard InChI is InChI=1S/C21H24N4O2S2/c1-3-27-17-9-6-14(10-18(17)26-2)20-22-15(11-28-20)12-29-21-24-23-19(13-4-5-13)25(21)16-7-8-16/h6,9-11,13,16H,3-5,7-8,12H2,1-2H3. The Kier molecular flexibility index (Phi) is 5.22. The lowest BCUT2D eigenvalue weighted by Gasteiger charge is -2.10. The number of nitrogens with zero attached hydrogens (tertiary/aromatic N) is 4. The number of rotatable bonds is 9. The molecule has 0 amide bonds. The number of thioether (sulfide) groups is 1. The lowest BCUT2D eigenvalue weighted by molar-refractivity contribution is 0.311. The first-order chi connectivity index (χ1) is 14.3. The van der Waals surface area contributed by atoms with Gasteiger partial charge in [-0.05, 0) is 50.8 Å². The minimum absolute atomic E-state index is 0.613. The van der Waals surface area contributed by atoms with Crippen molar-refractivity contribution in [1.29, 1.82) is 0 Å². The normalized spacial score (nSPS) is 16.2. The number of benzene rings is 1. The third-order valence-electron chi connectivity index (χ3n) is 5.16. The van der Waals surface area contributed by atoms with E-state index in [0.717, 1.165) is 38.7 Å². The number of ether oxygens (including phenoxy) is 2. The van der Waals surface area contributed by atoms with Gasteiger partial charge in [0.15, 0.2) is 16.7 Å². The van der Waals surface area contributed by atoms with Crippen molar-refractivity contribution in [3.8, 4) is 22.1 Å². The summed E-state index contributed by atoms with van der Waals surface area (Å²) in [7, 11) is 1.66. The third kappa shape index (κ3) is 4.00. The molecule has 2 heterocycles. The lowest BCUT2D eigenvalue weighted by Crippen LogP contribution is -2.02. The second kappa shape index (κ2) is 7.99. The van der Waals surface area contributed by atoms with Crippen molar-refractivity contribution in [2.45, 2.75) is 55.5 Å². The summed E-state index contributed by atoms with van der Waals surface area (Å²) >= 11 is 3.40. The van der Waals surface area contributed by atoms with E-state index in [4.69, 9.17) is 14.5 Å². The van der Waals surface area contributed by atoms with Crippen LogP contribution in [0.5, 0.6) is 11.5 Å². The Bertz CT molecular complexity index is 1010. The number of methoxy groups -OCH3 is 1. The molecular formula is C21H24N4O2S2. The van der Waals surface area contributed by atoms with E-state index in [1.807, 2.05) is 25.1 Å². The predicted octanol–water partition coefficient (Wildman–Crippen LogP) is 5.31. The molecule has 2 fully saturated rings. The second-order valence-corrected chi connectivity index (χ2v) is 9.25. The Morgan fingerprint density at radius 1 is 1.17 bits per heavy atom. The predicted molar refractivity (Wildman–Crippen MR) is 115 cm³/mol. The van der Waals surface area contributed by atoms with Crippen LogP contribution in [0.4, 0.5) is 0 Å². The van der Waals surface area contributed by atoms with Crippen molar-refractivity contribution in [1.82, 2.24) is 19.7 Å². The zero-order valence-electron chi connectivity index (χ0n) is 16.6. The Labute approximate surface area is 178 Å². The molecule has 3 aromatic rings. The zero-order valence-corrected chi connectivity index (χ0v) is 18.3. The molecule has 0 saturated heterocycles. The van der Waals surface area contributed by atoms with Crippen LogP contribution < -0.4 is 9.47 Å². The van der Waals surface area contributed by atoms with Crippen LogP contribution in [0.2, 0.25) is 0 Å². The second-order valence-electron chi connectivity index (χ2n) is 7.45. The van der Waals surface area contributed by atoms with E-state index in [2.05, 4.69) is 20.1 Å². The van der Waals surface area contributed by atoms with Crippen molar-refractivity contribution >= 4 is 23.1 Å². The molecule has 0 unspecified atom stereocenters. The molecule has 0 spiro atoms. The maximum atomic E-state index is 5.61. The van der Waals surface area contributed by atoms with Crippen LogP contribution in [0.15, 0.2) is 28.7 Å². The number of hydrogen-bond donors (Lipinski definition) is 0. The van der Waals surface area contributed by atoms with E-state index in [1.54, 1.807) is 30.2 Å². The number of hydrogen-bond acceptors (Lipinski definition) is 7. The van der Waals surface area contributed by atoms with E-state index in [0.29, 0.717) is 18.6 Å². The van der Waals surface area contributed by atoms with Crippen LogP contribution >= 0.6 is 23.1 Å². The van der Waals surface area contributed by atoms with Crippen LogP contribution in [0, 0.1) is 0 Å². The van der Waals surface area contributed by atoms with Gasteiger partial charge < -0.3 is 14.0 Å². The minimum Gasteiger partial charge on any atom is -0.493 e. The summed E-state index contributed by atoms with van der Waals surface area (Å²) in [6.07, 6.45) is 5.03. The lowest BCUT2D eigenvalue weighted by atomic mass is 10.2. The number of thiazole rings is 1. The van der Waals surface area contributed by atoms with Crippen LogP contribution in [-0.4, -0.2) is 33.5 Å². The number of aromatic nitrogens is 4. The van der Waals surface area contributed by atoms with Gasteiger partial charge in [0.05, 0.1) is 19.4 Å². The van der Waals surface area contributed by atoms with Crippen LogP contribution in [0.1, 0.15) is 56.1 Å². The van der Waals surface area contributed by atoms with Crippen LogP contribution in [-0.2, 0) is 5.75 Å². The molecule has 8 heteroatoms. The van der Waals surface area contributed by atoms with Gasteiger partial charge in [-0.2, -0.15) is 0 Å². The van der Waals surface area contributed by atoms with E-state index < -0.39 is 0 Å². The Hall–Kier alpha value is -2.06. The van der Waals surface area contributed by atoms with Gasteiger partial charge >= 0.3 is 0 Å². The zero-order chi connectivity index (χ0) is 19.8. The van der Waals surface area contributed by atoms with E-state index in [1.165, 1.54) is 31.5 Å². The summed E-state index contributed by atoms with van der Waals surface area (Å²) in [5.41, 5.74) is 2.12. The molecule has 0 N–H and O–H groups in total. The van der Waals surface area contributed by atoms with Crippen molar-refractivity contribution in [3.05, 3.63) is 35.1 Å². The summed E-state index contributed by atoms with van der Waals surface area (Å²) < 4.78 is 13.5. The van der Waals surface area contributed by atoms with Crippen molar-refractivity contribution in [3.63, 3.8) is 0 Å². The third-order valence-corrected chi connectivity index (χ3v) is 7.07. The fourth-order valence-corrected chi connectivity index (χ4v) is 5.23. The molecule has 0 radical (unpaired) electrons. The molecule has 0 bridgehead atoms. The fourth-order valence-electron chi connectivity index (χ4n) is 3.40. The molecule has 2 aliphatic rings. The fraction of sp³-hybridized carbons (Fsp3) is 0.476. The SMILES string of the molecule is CCOc1ccc(-c2nc(CSc3nnc(C4CC4)n3C3CC3)cs2)cc1OC. The first-order valence-electron chi connectivity index (χ1n) is 10.1. The first-order valence-corrected chi connectivity index (χ1v) is 12.0. The highest BCUT2D eigenvalue weighted by Crippen LogP contribution is 2.46. The van der Waals surface area contributed by atoms with Crippen molar-refractivity contribution in [2.24, 2.45) is 0 Å². The van der Waals surface area contributed by atoms with Gasteiger partial charge in [-0.3, -0.25) is 0 Å². The highest BCUT2D eigenvalue weighted by molar-refractivity contribution is 7.98. The highest BCUT2D eigenvalue weighted by Gasteiger charge is 2.36. The molecule has 2 aromatic heterocycles. The monoisotopic (exact) mass is 428 g/mol. The van der Waals surface area contributed by atoms with Gasteiger partial charge in [-0.1, -0.05) is 11.8 Å². The smallest absolute Gasteiger partial charge is 0.191 e. The van der Waals surface area contributed by atoms with Gasteiger partial charge in [0.1, 0.15) is 10.8 Å². The maximum absolute atomic E-state index is 5.61. The summed E-state index contributed by atoms with van der Waals surface area (Å²) in [6.45, 7) is 2.58. The summed E-state index contributed by atoms with van der Waals surface area (Å²) in [6, 6.07) is 6.59. The van der Waals surface area contributed by atoms with Crippen LogP contribution in [0.3, 0.4) is 0 Å². The van der Waals surface area contributed by atoms with E-state index in [9.17, 15) is 0 Å². The molecule has 29 heavy (non-hydrogen) atoms. The van der Waals surface area contributed by atoms with Crippen LogP contribution in [0.25, 0.3) is 10.6 Å². The summed E-state index contributed by atoms with van der Waals surface area (Å²) in [4.78, 5) is 4.83. The maximum Gasteiger partial charge on any atom is 0.191 e. The van der Waals surface area contributed by atoms with Gasteiger partial charge in [0.2, 0.25) is 0 Å². The molecule has 5 rings (SSSR count). The Morgan fingerprint density at radius 2 is 2.03 bits per heavy atom.